The second-order valence-electron chi connectivity index (χ2n) is 4.99. The van der Waals surface area contributed by atoms with Crippen molar-refractivity contribution in [2.45, 2.75) is 64.2 Å². The highest BCUT2D eigenvalue weighted by Gasteiger charge is 2.67. The van der Waals surface area contributed by atoms with Gasteiger partial charge in [0.05, 0.1) is 6.42 Å². The summed E-state index contributed by atoms with van der Waals surface area (Å²) >= 11 is 0. The molecule has 0 saturated carbocycles. The van der Waals surface area contributed by atoms with E-state index < -0.39 is 48.9 Å². The van der Waals surface area contributed by atoms with Crippen molar-refractivity contribution in [2.75, 3.05) is 0 Å². The Morgan fingerprint density at radius 2 is 1.32 bits per heavy atom. The van der Waals surface area contributed by atoms with Gasteiger partial charge in [-0.1, -0.05) is 6.92 Å². The smallest absolute Gasteiger partial charge is 0.247 e. The second kappa shape index (κ2) is 5.44. The van der Waals surface area contributed by atoms with Crippen LogP contribution >= 0.6 is 0 Å². The van der Waals surface area contributed by atoms with E-state index in [9.17, 15) is 35.1 Å². The summed E-state index contributed by atoms with van der Waals surface area (Å²) in [5.41, 5.74) is -3.82. The third-order valence-corrected chi connectivity index (χ3v) is 3.04. The molecule has 0 bridgehead atoms. The van der Waals surface area contributed by atoms with Crippen molar-refractivity contribution in [3.8, 4) is 0 Å². The minimum atomic E-state index is -5.48. The molecule has 0 fully saturated rings. The summed E-state index contributed by atoms with van der Waals surface area (Å²) in [6.07, 6.45) is -11.8. The number of hydrogen-bond donors (Lipinski definition) is 0. The van der Waals surface area contributed by atoms with Crippen LogP contribution in [0.25, 0.3) is 0 Å². The maximum atomic E-state index is 13.6. The molecule has 0 spiro atoms. The number of alkyl halides is 8. The first-order valence-corrected chi connectivity index (χ1v) is 5.63. The maximum Gasteiger partial charge on any atom is 0.400 e. The predicted octanol–water partition coefficient (Wildman–Crippen LogP) is 5.37. The lowest BCUT2D eigenvalue weighted by atomic mass is 9.75. The first kappa shape index (κ1) is 18.4. The van der Waals surface area contributed by atoms with Crippen molar-refractivity contribution in [1.29, 1.82) is 0 Å². The molecule has 0 aliphatic rings. The molecule has 0 saturated heterocycles. The van der Waals surface area contributed by atoms with Gasteiger partial charge in [0.1, 0.15) is 11.6 Å². The van der Waals surface area contributed by atoms with Crippen LogP contribution in [0.1, 0.15) is 40.0 Å². The summed E-state index contributed by atoms with van der Waals surface area (Å²) in [7, 11) is 0. The first-order chi connectivity index (χ1) is 8.16. The topological polar surface area (TPSA) is 0 Å². The molecular weight excluding hydrogens is 284 g/mol. The molecule has 19 heavy (non-hydrogen) atoms. The molecule has 0 aliphatic heterocycles. The number of rotatable bonds is 6. The zero-order chi connectivity index (χ0) is 15.7. The van der Waals surface area contributed by atoms with Crippen LogP contribution in [-0.4, -0.2) is 24.2 Å². The molecule has 0 nitrogen and oxygen atoms in total. The summed E-state index contributed by atoms with van der Waals surface area (Å²) in [5.74, 6) is -8.74. The Balaban J connectivity index is 5.47. The van der Waals surface area contributed by atoms with Gasteiger partial charge < -0.3 is 0 Å². The Labute approximate surface area is 106 Å². The molecule has 0 radical (unpaired) electrons. The van der Waals surface area contributed by atoms with E-state index in [1.165, 1.54) is 6.92 Å². The van der Waals surface area contributed by atoms with Gasteiger partial charge in [0.25, 0.3) is 11.8 Å². The minimum Gasteiger partial charge on any atom is -0.247 e. The van der Waals surface area contributed by atoms with Crippen molar-refractivity contribution >= 4 is 0 Å². The Morgan fingerprint density at radius 1 is 0.895 bits per heavy atom. The molecule has 8 heteroatoms. The monoisotopic (exact) mass is 300 g/mol. The minimum absolute atomic E-state index is 0.0843. The van der Waals surface area contributed by atoms with Gasteiger partial charge >= 0.3 is 6.18 Å². The first-order valence-electron chi connectivity index (χ1n) is 5.63. The third-order valence-electron chi connectivity index (χ3n) is 3.04. The average Bonchev–Trinajstić information content (AvgIpc) is 2.11. The van der Waals surface area contributed by atoms with Crippen LogP contribution in [-0.2, 0) is 0 Å². The summed E-state index contributed by atoms with van der Waals surface area (Å²) in [4.78, 5) is 0. The lowest BCUT2D eigenvalue weighted by Gasteiger charge is -2.40. The van der Waals surface area contributed by atoms with Gasteiger partial charge in [-0.25, -0.2) is 22.0 Å². The molecule has 0 rings (SSSR count). The fourth-order valence-corrected chi connectivity index (χ4v) is 1.64. The Kier molecular flexibility index (Phi) is 5.28. The van der Waals surface area contributed by atoms with E-state index >= 15 is 0 Å². The molecule has 2 atom stereocenters. The molecule has 0 N–H and O–H groups in total. The second-order valence-corrected chi connectivity index (χ2v) is 4.99. The van der Waals surface area contributed by atoms with Crippen LogP contribution in [0, 0.1) is 5.41 Å². The SMILES string of the molecule is CCC(F)CC(C)(C(F)(F)F)C(F)(F)CC(C)(F)F. The van der Waals surface area contributed by atoms with Crippen molar-refractivity contribution in [1.82, 2.24) is 0 Å². The van der Waals surface area contributed by atoms with Crippen LogP contribution in [0.3, 0.4) is 0 Å². The average molecular weight is 300 g/mol. The number of halogens is 8. The van der Waals surface area contributed by atoms with E-state index in [4.69, 9.17) is 0 Å². The van der Waals surface area contributed by atoms with Gasteiger partial charge in [-0.15, -0.1) is 0 Å². The van der Waals surface area contributed by atoms with Crippen molar-refractivity contribution in [3.63, 3.8) is 0 Å². The van der Waals surface area contributed by atoms with Gasteiger partial charge in [0.2, 0.25) is 0 Å². The van der Waals surface area contributed by atoms with Crippen molar-refractivity contribution in [2.24, 2.45) is 5.41 Å². The van der Waals surface area contributed by atoms with Gasteiger partial charge in [-0.05, 0) is 26.7 Å². The highest BCUT2D eigenvalue weighted by Crippen LogP contribution is 2.55. The third kappa shape index (κ3) is 4.49. The van der Waals surface area contributed by atoms with E-state index in [0.717, 1.165) is 0 Å². The Morgan fingerprint density at radius 3 is 1.58 bits per heavy atom. The van der Waals surface area contributed by atoms with Crippen molar-refractivity contribution < 1.29 is 35.1 Å². The van der Waals surface area contributed by atoms with Crippen LogP contribution in [0.5, 0.6) is 0 Å². The summed E-state index contributed by atoms with van der Waals surface area (Å²) in [6, 6.07) is 0. The lowest BCUT2D eigenvalue weighted by Crippen LogP contribution is -2.53. The van der Waals surface area contributed by atoms with Crippen LogP contribution in [0.15, 0.2) is 0 Å². The summed E-state index contributed by atoms with van der Waals surface area (Å²) < 4.78 is 104. The van der Waals surface area contributed by atoms with Crippen LogP contribution in [0.2, 0.25) is 0 Å². The lowest BCUT2D eigenvalue weighted by molar-refractivity contribution is -0.309. The highest BCUT2D eigenvalue weighted by atomic mass is 19.4. The van der Waals surface area contributed by atoms with E-state index in [0.29, 0.717) is 0 Å². The zero-order valence-electron chi connectivity index (χ0n) is 10.7. The molecule has 0 aliphatic carbocycles. The van der Waals surface area contributed by atoms with Gasteiger partial charge in [-0.3, -0.25) is 0 Å². The van der Waals surface area contributed by atoms with Gasteiger partial charge in [0.15, 0.2) is 0 Å². The molecule has 116 valence electrons. The molecule has 0 aromatic carbocycles. The van der Waals surface area contributed by atoms with E-state index in [-0.39, 0.29) is 13.8 Å². The predicted molar refractivity (Wildman–Crippen MR) is 54.2 cm³/mol. The quantitative estimate of drug-likeness (QED) is 0.578. The van der Waals surface area contributed by atoms with Crippen LogP contribution < -0.4 is 0 Å². The van der Waals surface area contributed by atoms with E-state index in [2.05, 4.69) is 0 Å². The largest absolute Gasteiger partial charge is 0.400 e. The molecule has 0 amide bonds. The normalized spacial score (nSPS) is 19.1. The standard InChI is InChI=1S/C11H16F8/c1-4-7(12)5-8(2,11(17,18)19)10(15,16)6-9(3,13)14/h7H,4-6H2,1-3H3. The fraction of sp³-hybridized carbons (Fsp3) is 1.00. The summed E-state index contributed by atoms with van der Waals surface area (Å²) in [5, 5.41) is 0. The van der Waals surface area contributed by atoms with Gasteiger partial charge in [0, 0.05) is 0 Å². The van der Waals surface area contributed by atoms with Crippen LogP contribution in [0.4, 0.5) is 35.1 Å². The van der Waals surface area contributed by atoms with E-state index in [1.54, 1.807) is 0 Å². The molecule has 0 aromatic rings. The fourth-order valence-electron chi connectivity index (χ4n) is 1.64. The maximum absolute atomic E-state index is 13.6. The van der Waals surface area contributed by atoms with Gasteiger partial charge in [-0.2, -0.15) is 13.2 Å². The molecule has 0 aromatic heterocycles. The van der Waals surface area contributed by atoms with Crippen molar-refractivity contribution in [3.05, 3.63) is 0 Å². The summed E-state index contributed by atoms with van der Waals surface area (Å²) in [6.45, 7) is 1.37. The molecular formula is C11H16F8. The zero-order valence-corrected chi connectivity index (χ0v) is 10.7. The molecule has 2 unspecified atom stereocenters. The number of hydrogen-bond acceptors (Lipinski definition) is 0. The Bertz CT molecular complexity index is 290. The van der Waals surface area contributed by atoms with E-state index in [1.807, 2.05) is 0 Å². The Hall–Kier alpha value is -0.560. The molecule has 0 heterocycles. The highest BCUT2D eigenvalue weighted by molar-refractivity contribution is 4.98.